The number of rotatable bonds is 6. The summed E-state index contributed by atoms with van der Waals surface area (Å²) in [6, 6.07) is 21.7. The predicted molar refractivity (Wildman–Crippen MR) is 129 cm³/mol. The molecule has 0 saturated carbocycles. The molecule has 0 fully saturated rings. The molecular weight excluding hydrogens is 419 g/mol. The number of fused-ring (bicyclic) bond motifs is 1. The van der Waals surface area contributed by atoms with Gasteiger partial charge >= 0.3 is 11.8 Å². The van der Waals surface area contributed by atoms with Crippen LogP contribution in [0.2, 0.25) is 0 Å². The molecule has 1 heterocycles. The number of hydrogen-bond acceptors (Lipinski definition) is 4. The summed E-state index contributed by atoms with van der Waals surface area (Å²) in [5, 5.41) is 5.21. The normalized spacial score (nSPS) is 13.2. The van der Waals surface area contributed by atoms with E-state index in [9.17, 15) is 14.0 Å². The lowest BCUT2D eigenvalue weighted by atomic mass is 10.0. The standard InChI is InChI=1S/C26H27FN4O2/c1-30(2)22-12-10-19(11-13-22)24(31-15-14-18-6-3-4-9-23(18)31)17-28-25(32)26(33)29-21-8-5-7-20(27)16-21/h3-13,16,24H,14-15,17H2,1-2H3,(H,28,32)(H,29,33)/t24-/m1/s1. The van der Waals surface area contributed by atoms with E-state index >= 15 is 0 Å². The molecule has 1 aliphatic heterocycles. The van der Waals surface area contributed by atoms with Crippen molar-refractivity contribution in [2.24, 2.45) is 0 Å². The first-order chi connectivity index (χ1) is 15.9. The third-order valence-electron chi connectivity index (χ3n) is 5.84. The van der Waals surface area contributed by atoms with E-state index < -0.39 is 17.6 Å². The first kappa shape index (κ1) is 22.3. The molecule has 1 aliphatic rings. The lowest BCUT2D eigenvalue weighted by Crippen LogP contribution is -2.41. The highest BCUT2D eigenvalue weighted by Gasteiger charge is 2.28. The summed E-state index contributed by atoms with van der Waals surface area (Å²) in [5.74, 6) is -2.08. The summed E-state index contributed by atoms with van der Waals surface area (Å²) in [6.07, 6.45) is 0.927. The molecule has 0 aromatic heterocycles. The molecule has 33 heavy (non-hydrogen) atoms. The maximum atomic E-state index is 13.4. The van der Waals surface area contributed by atoms with E-state index in [1.54, 1.807) is 0 Å². The molecule has 7 heteroatoms. The van der Waals surface area contributed by atoms with Crippen LogP contribution < -0.4 is 20.4 Å². The van der Waals surface area contributed by atoms with Crippen LogP contribution in [-0.2, 0) is 16.0 Å². The molecule has 0 unspecified atom stereocenters. The Hall–Kier alpha value is -3.87. The van der Waals surface area contributed by atoms with Gasteiger partial charge in [0.15, 0.2) is 0 Å². The van der Waals surface area contributed by atoms with Crippen LogP contribution in [0.1, 0.15) is 17.2 Å². The third kappa shape index (κ3) is 5.14. The molecule has 0 aliphatic carbocycles. The van der Waals surface area contributed by atoms with Crippen LogP contribution in [0, 0.1) is 5.82 Å². The van der Waals surface area contributed by atoms with E-state index in [0.29, 0.717) is 0 Å². The Labute approximate surface area is 193 Å². The van der Waals surface area contributed by atoms with Crippen LogP contribution >= 0.6 is 0 Å². The van der Waals surface area contributed by atoms with Crippen LogP contribution in [0.3, 0.4) is 0 Å². The van der Waals surface area contributed by atoms with Crippen molar-refractivity contribution >= 4 is 28.9 Å². The van der Waals surface area contributed by atoms with Gasteiger partial charge in [0, 0.05) is 44.2 Å². The second kappa shape index (κ2) is 9.73. The molecule has 4 rings (SSSR count). The van der Waals surface area contributed by atoms with Gasteiger partial charge in [-0.1, -0.05) is 36.4 Å². The highest BCUT2D eigenvalue weighted by atomic mass is 19.1. The van der Waals surface area contributed by atoms with Gasteiger partial charge in [-0.05, 0) is 53.9 Å². The molecule has 170 valence electrons. The second-order valence-corrected chi connectivity index (χ2v) is 8.25. The average molecular weight is 447 g/mol. The molecular formula is C26H27FN4O2. The largest absolute Gasteiger partial charge is 0.378 e. The van der Waals surface area contributed by atoms with Crippen LogP contribution in [0.15, 0.2) is 72.8 Å². The Morgan fingerprint density at radius 1 is 1.00 bits per heavy atom. The minimum Gasteiger partial charge on any atom is -0.378 e. The van der Waals surface area contributed by atoms with Crippen LogP contribution in [0.4, 0.5) is 21.5 Å². The van der Waals surface area contributed by atoms with Gasteiger partial charge in [0.05, 0.1) is 6.04 Å². The number of anilines is 3. The minimum absolute atomic E-state index is 0.143. The average Bonchev–Trinajstić information content (AvgIpc) is 3.23. The number of halogens is 1. The zero-order chi connectivity index (χ0) is 23.4. The summed E-state index contributed by atoms with van der Waals surface area (Å²) >= 11 is 0. The fourth-order valence-electron chi connectivity index (χ4n) is 4.11. The predicted octanol–water partition coefficient (Wildman–Crippen LogP) is 3.75. The van der Waals surface area contributed by atoms with Gasteiger partial charge in [0.2, 0.25) is 0 Å². The molecule has 3 aromatic carbocycles. The fourth-order valence-corrected chi connectivity index (χ4v) is 4.11. The monoisotopic (exact) mass is 446 g/mol. The summed E-state index contributed by atoms with van der Waals surface area (Å²) in [5.41, 5.74) is 4.76. The molecule has 1 atom stereocenters. The molecule has 0 saturated heterocycles. The smallest absolute Gasteiger partial charge is 0.313 e. The number of nitrogens with one attached hydrogen (secondary N) is 2. The Bertz CT molecular complexity index is 1150. The summed E-state index contributed by atoms with van der Waals surface area (Å²) in [7, 11) is 3.97. The van der Waals surface area contributed by atoms with Gasteiger partial charge in [0.25, 0.3) is 0 Å². The fraction of sp³-hybridized carbons (Fsp3) is 0.231. The zero-order valence-electron chi connectivity index (χ0n) is 18.7. The molecule has 0 bridgehead atoms. The van der Waals surface area contributed by atoms with Gasteiger partial charge < -0.3 is 20.4 Å². The zero-order valence-corrected chi connectivity index (χ0v) is 18.7. The molecule has 0 spiro atoms. The number of para-hydroxylation sites is 1. The van der Waals surface area contributed by atoms with Crippen molar-refractivity contribution in [3.63, 3.8) is 0 Å². The highest BCUT2D eigenvalue weighted by molar-refractivity contribution is 6.39. The Balaban J connectivity index is 1.51. The topological polar surface area (TPSA) is 64.7 Å². The van der Waals surface area contributed by atoms with E-state index in [0.717, 1.165) is 29.9 Å². The summed E-state index contributed by atoms with van der Waals surface area (Å²) < 4.78 is 13.4. The van der Waals surface area contributed by atoms with Crippen molar-refractivity contribution in [1.29, 1.82) is 0 Å². The first-order valence-corrected chi connectivity index (χ1v) is 10.9. The third-order valence-corrected chi connectivity index (χ3v) is 5.84. The van der Waals surface area contributed by atoms with Crippen molar-refractivity contribution in [3.05, 3.63) is 89.7 Å². The second-order valence-electron chi connectivity index (χ2n) is 8.25. The summed E-state index contributed by atoms with van der Waals surface area (Å²) in [6.45, 7) is 1.08. The number of nitrogens with zero attached hydrogens (tertiary/aromatic N) is 2. The van der Waals surface area contributed by atoms with Crippen LogP contribution in [-0.4, -0.2) is 39.0 Å². The maximum Gasteiger partial charge on any atom is 0.313 e. The number of carbonyl (C=O) groups is 2. The van der Waals surface area contributed by atoms with E-state index in [1.807, 2.05) is 43.3 Å². The maximum absolute atomic E-state index is 13.4. The van der Waals surface area contributed by atoms with Crippen molar-refractivity contribution in [1.82, 2.24) is 5.32 Å². The highest BCUT2D eigenvalue weighted by Crippen LogP contribution is 2.35. The van der Waals surface area contributed by atoms with Gasteiger partial charge in [0.1, 0.15) is 5.82 Å². The molecule has 2 N–H and O–H groups in total. The van der Waals surface area contributed by atoms with E-state index in [-0.39, 0.29) is 18.3 Å². The van der Waals surface area contributed by atoms with Gasteiger partial charge in [-0.15, -0.1) is 0 Å². The molecule has 0 radical (unpaired) electrons. The van der Waals surface area contributed by atoms with Crippen molar-refractivity contribution < 1.29 is 14.0 Å². The van der Waals surface area contributed by atoms with Crippen LogP contribution in [0.25, 0.3) is 0 Å². The van der Waals surface area contributed by atoms with Gasteiger partial charge in [-0.3, -0.25) is 9.59 Å². The number of benzene rings is 3. The lowest BCUT2D eigenvalue weighted by molar-refractivity contribution is -0.136. The van der Waals surface area contributed by atoms with Crippen molar-refractivity contribution in [3.8, 4) is 0 Å². The van der Waals surface area contributed by atoms with E-state index in [4.69, 9.17) is 0 Å². The van der Waals surface area contributed by atoms with Gasteiger partial charge in [-0.2, -0.15) is 0 Å². The minimum atomic E-state index is -0.830. The first-order valence-electron chi connectivity index (χ1n) is 10.9. The van der Waals surface area contributed by atoms with E-state index in [2.05, 4.69) is 39.8 Å². The lowest BCUT2D eigenvalue weighted by Gasteiger charge is -2.31. The molecule has 2 amide bonds. The quantitative estimate of drug-likeness (QED) is 0.566. The Kier molecular flexibility index (Phi) is 6.58. The molecule has 6 nitrogen and oxygen atoms in total. The number of hydrogen-bond donors (Lipinski definition) is 2. The number of amides is 2. The Morgan fingerprint density at radius 3 is 2.48 bits per heavy atom. The van der Waals surface area contributed by atoms with Crippen LogP contribution in [0.5, 0.6) is 0 Å². The van der Waals surface area contributed by atoms with Crippen molar-refractivity contribution in [2.45, 2.75) is 12.5 Å². The van der Waals surface area contributed by atoms with Gasteiger partial charge in [-0.25, -0.2) is 4.39 Å². The summed E-state index contributed by atoms with van der Waals surface area (Å²) in [4.78, 5) is 29.2. The van der Waals surface area contributed by atoms with E-state index in [1.165, 1.54) is 29.8 Å². The Morgan fingerprint density at radius 2 is 1.76 bits per heavy atom. The van der Waals surface area contributed by atoms with Crippen molar-refractivity contribution in [2.75, 3.05) is 42.3 Å². The number of carbonyl (C=O) groups excluding carboxylic acids is 2. The molecule has 3 aromatic rings. The SMILES string of the molecule is CN(C)c1ccc([C@@H](CNC(=O)C(=O)Nc2cccc(F)c2)N2CCc3ccccc32)cc1.